The van der Waals surface area contributed by atoms with Gasteiger partial charge in [-0.15, -0.1) is 0 Å². The Bertz CT molecular complexity index is 178. The van der Waals surface area contributed by atoms with Crippen molar-refractivity contribution in [2.45, 2.75) is 12.8 Å². The van der Waals surface area contributed by atoms with Gasteiger partial charge in [0.05, 0.1) is 13.2 Å². The molecule has 2 atom stereocenters. The third-order valence-electron chi connectivity index (χ3n) is 1.36. The Morgan fingerprint density at radius 2 is 1.33 bits per heavy atom. The average molecular weight is 274 g/mol. The van der Waals surface area contributed by atoms with E-state index in [1.54, 1.807) is 11.8 Å². The van der Waals surface area contributed by atoms with E-state index >= 15 is 0 Å². The molecule has 0 rings (SSSR count). The zero-order valence-corrected chi connectivity index (χ0v) is 11.5. The lowest BCUT2D eigenvalue weighted by Crippen LogP contribution is -2.00. The molecule has 7 heteroatoms. The van der Waals surface area contributed by atoms with Gasteiger partial charge in [0.15, 0.2) is 22.2 Å². The van der Waals surface area contributed by atoms with E-state index in [1.807, 2.05) is 0 Å². The first-order valence-corrected chi connectivity index (χ1v) is 8.76. The molecule has 0 aromatic carbocycles. The third-order valence-corrected chi connectivity index (χ3v) is 3.52. The third kappa shape index (κ3) is 14.6. The van der Waals surface area contributed by atoms with Crippen LogP contribution in [0.3, 0.4) is 0 Å². The first-order chi connectivity index (χ1) is 7.13. The molecule has 4 nitrogen and oxygen atoms in total. The summed E-state index contributed by atoms with van der Waals surface area (Å²) in [5.41, 5.74) is 0. The first-order valence-electron chi connectivity index (χ1n) is 4.64. The largest absolute Gasteiger partial charge is 0.291 e. The van der Waals surface area contributed by atoms with Crippen LogP contribution in [0.4, 0.5) is 0 Å². The van der Waals surface area contributed by atoms with Gasteiger partial charge in [0.25, 0.3) is 0 Å². The fourth-order valence-corrected chi connectivity index (χ4v) is 2.33. The Kier molecular flexibility index (Phi) is 11.5. The van der Waals surface area contributed by atoms with Gasteiger partial charge in [-0.2, -0.15) is 11.8 Å². The predicted octanol–water partition coefficient (Wildman–Crippen LogP) is 1.12. The molecule has 0 aliphatic rings. The van der Waals surface area contributed by atoms with Gasteiger partial charge >= 0.3 is 0 Å². The zero-order valence-electron chi connectivity index (χ0n) is 9.10. The summed E-state index contributed by atoms with van der Waals surface area (Å²) < 4.78 is 30.8. The van der Waals surface area contributed by atoms with E-state index < -0.39 is 22.2 Å². The van der Waals surface area contributed by atoms with Crippen molar-refractivity contribution in [3.63, 3.8) is 0 Å². The molecule has 0 N–H and O–H groups in total. The van der Waals surface area contributed by atoms with E-state index in [0.29, 0.717) is 13.2 Å². The quantitative estimate of drug-likeness (QED) is 0.559. The average Bonchev–Trinajstić information content (AvgIpc) is 2.14. The molecule has 0 aliphatic heterocycles. The highest BCUT2D eigenvalue weighted by Gasteiger charge is 1.94. The van der Waals surface area contributed by atoms with Crippen molar-refractivity contribution in [2.24, 2.45) is 0 Å². The Morgan fingerprint density at radius 1 is 0.933 bits per heavy atom. The van der Waals surface area contributed by atoms with E-state index in [4.69, 9.17) is 8.37 Å². The second-order valence-electron chi connectivity index (χ2n) is 2.77. The lowest BCUT2D eigenvalue weighted by Gasteiger charge is -2.01. The maximum Gasteiger partial charge on any atom is 0.152 e. The van der Waals surface area contributed by atoms with Crippen molar-refractivity contribution in [1.82, 2.24) is 0 Å². The topological polar surface area (TPSA) is 52.6 Å². The number of hydrogen-bond acceptors (Lipinski definition) is 5. The van der Waals surface area contributed by atoms with Gasteiger partial charge in [0, 0.05) is 12.5 Å². The Hall–Kier alpha value is 0.570. The van der Waals surface area contributed by atoms with E-state index in [1.165, 1.54) is 12.5 Å². The summed E-state index contributed by atoms with van der Waals surface area (Å²) >= 11 is -0.490. The molecule has 0 amide bonds. The van der Waals surface area contributed by atoms with E-state index in [2.05, 4.69) is 0 Å². The normalized spacial score (nSPS) is 15.1. The van der Waals surface area contributed by atoms with Gasteiger partial charge in [-0.05, 0) is 24.3 Å². The molecule has 0 fully saturated rings. The van der Waals surface area contributed by atoms with Crippen molar-refractivity contribution in [2.75, 3.05) is 37.2 Å². The van der Waals surface area contributed by atoms with E-state index in [-0.39, 0.29) is 0 Å². The highest BCUT2D eigenvalue weighted by atomic mass is 32.2. The molecule has 92 valence electrons. The van der Waals surface area contributed by atoms with Crippen LogP contribution in [0.15, 0.2) is 0 Å². The molecule has 0 spiro atoms. The first kappa shape index (κ1) is 15.6. The Balaban J connectivity index is 2.99. The predicted molar refractivity (Wildman–Crippen MR) is 66.6 cm³/mol. The Labute approximate surface area is 101 Å². The van der Waals surface area contributed by atoms with Crippen molar-refractivity contribution < 1.29 is 16.8 Å². The molecule has 0 heterocycles. The van der Waals surface area contributed by atoms with Crippen molar-refractivity contribution in [3.8, 4) is 0 Å². The van der Waals surface area contributed by atoms with E-state index in [0.717, 1.165) is 24.3 Å². The van der Waals surface area contributed by atoms with Crippen LogP contribution in [0.1, 0.15) is 12.8 Å². The summed E-state index contributed by atoms with van der Waals surface area (Å²) in [7, 11) is 0. The molecule has 0 saturated heterocycles. The lowest BCUT2D eigenvalue weighted by molar-refractivity contribution is 0.350. The van der Waals surface area contributed by atoms with Crippen molar-refractivity contribution in [3.05, 3.63) is 0 Å². The van der Waals surface area contributed by atoms with Crippen molar-refractivity contribution >= 4 is 33.9 Å². The lowest BCUT2D eigenvalue weighted by atomic mass is 10.5. The van der Waals surface area contributed by atoms with Crippen LogP contribution in [0.5, 0.6) is 0 Å². The standard InChI is InChI=1S/C8H18O4S3/c1-14(9)11-5-3-7-13-8-4-6-12-15(2)10/h3-8H2,1-2H3. The van der Waals surface area contributed by atoms with Crippen LogP contribution in [0.2, 0.25) is 0 Å². The SMILES string of the molecule is CS(=O)OCCCSCCCOS(C)=O. The van der Waals surface area contributed by atoms with Crippen LogP contribution in [-0.4, -0.2) is 45.6 Å². The fraction of sp³-hybridized carbons (Fsp3) is 1.00. The van der Waals surface area contributed by atoms with Gasteiger partial charge in [-0.25, -0.2) is 8.42 Å². The summed E-state index contributed by atoms with van der Waals surface area (Å²) in [6.45, 7) is 1.09. The smallest absolute Gasteiger partial charge is 0.152 e. The molecule has 2 unspecified atom stereocenters. The van der Waals surface area contributed by atoms with Crippen LogP contribution >= 0.6 is 11.8 Å². The number of rotatable bonds is 10. The minimum atomic E-state index is -1.14. The van der Waals surface area contributed by atoms with Gasteiger partial charge < -0.3 is 0 Å². The number of hydrogen-bond donors (Lipinski definition) is 0. The van der Waals surface area contributed by atoms with Crippen molar-refractivity contribution in [1.29, 1.82) is 0 Å². The molecule has 15 heavy (non-hydrogen) atoms. The van der Waals surface area contributed by atoms with Crippen LogP contribution < -0.4 is 0 Å². The minimum Gasteiger partial charge on any atom is -0.291 e. The second kappa shape index (κ2) is 11.1. The molecule has 0 radical (unpaired) electrons. The summed E-state index contributed by atoms with van der Waals surface area (Å²) in [5, 5.41) is 0. The molecular weight excluding hydrogens is 256 g/mol. The summed E-state index contributed by atoms with van der Waals surface area (Å²) in [5.74, 6) is 1.98. The van der Waals surface area contributed by atoms with Gasteiger partial charge in [-0.1, -0.05) is 0 Å². The summed E-state index contributed by atoms with van der Waals surface area (Å²) in [4.78, 5) is 0. The minimum absolute atomic E-state index is 0.547. The Morgan fingerprint density at radius 3 is 1.67 bits per heavy atom. The highest BCUT2D eigenvalue weighted by Crippen LogP contribution is 2.05. The van der Waals surface area contributed by atoms with Crippen LogP contribution in [0, 0.1) is 0 Å². The highest BCUT2D eigenvalue weighted by molar-refractivity contribution is 7.99. The molecule has 0 bridgehead atoms. The maximum absolute atomic E-state index is 10.5. The summed E-state index contributed by atoms with van der Waals surface area (Å²) in [6.07, 6.45) is 4.86. The molecule has 0 aliphatic carbocycles. The molecule has 0 saturated carbocycles. The van der Waals surface area contributed by atoms with Gasteiger partial charge in [0.2, 0.25) is 0 Å². The summed E-state index contributed by atoms with van der Waals surface area (Å²) in [6, 6.07) is 0. The molecule has 0 aromatic rings. The number of thioether (sulfide) groups is 1. The monoisotopic (exact) mass is 274 g/mol. The second-order valence-corrected chi connectivity index (χ2v) is 6.07. The van der Waals surface area contributed by atoms with Crippen LogP contribution in [-0.2, 0) is 30.5 Å². The van der Waals surface area contributed by atoms with Crippen LogP contribution in [0.25, 0.3) is 0 Å². The molecule has 0 aromatic heterocycles. The molecular formula is C8H18O4S3. The van der Waals surface area contributed by atoms with E-state index in [9.17, 15) is 8.42 Å². The fourth-order valence-electron chi connectivity index (χ4n) is 0.777. The zero-order chi connectivity index (χ0) is 11.5. The van der Waals surface area contributed by atoms with Gasteiger partial charge in [0.1, 0.15) is 0 Å². The van der Waals surface area contributed by atoms with Gasteiger partial charge in [-0.3, -0.25) is 8.37 Å². The maximum atomic E-state index is 10.5.